The van der Waals surface area contributed by atoms with Crippen LogP contribution in [0.5, 0.6) is 17.2 Å². The molecule has 0 spiro atoms. The fourth-order valence-electron chi connectivity index (χ4n) is 4.50. The first-order chi connectivity index (χ1) is 17.8. The van der Waals surface area contributed by atoms with Gasteiger partial charge in [-0.3, -0.25) is 0 Å². The number of benzene rings is 3. The topological polar surface area (TPSA) is 58.2 Å². The third kappa shape index (κ3) is 7.47. The molecule has 1 saturated heterocycles. The van der Waals surface area contributed by atoms with Gasteiger partial charge in [0.05, 0.1) is 46.8 Å². The van der Waals surface area contributed by atoms with Crippen molar-refractivity contribution in [3.63, 3.8) is 0 Å². The molecule has 1 aliphatic heterocycles. The van der Waals surface area contributed by atoms with Gasteiger partial charge in [-0.2, -0.15) is 0 Å². The first-order valence-electron chi connectivity index (χ1n) is 12.6. The molecule has 0 amide bonds. The highest BCUT2D eigenvalue weighted by atomic mass is 16.5. The SMILES string of the molecule is COc1ccc(OC)c(COC2CNCCC2c2ccc(OCCCOCc3ccccc3)cc2)c1. The second-order valence-corrected chi connectivity index (χ2v) is 8.94. The molecule has 0 aliphatic carbocycles. The Morgan fingerprint density at radius 2 is 1.64 bits per heavy atom. The number of nitrogens with one attached hydrogen (secondary N) is 1. The lowest BCUT2D eigenvalue weighted by atomic mass is 9.87. The summed E-state index contributed by atoms with van der Waals surface area (Å²) in [5.41, 5.74) is 3.45. The summed E-state index contributed by atoms with van der Waals surface area (Å²) in [7, 11) is 3.35. The van der Waals surface area contributed by atoms with Crippen LogP contribution >= 0.6 is 0 Å². The average Bonchev–Trinajstić information content (AvgIpc) is 2.94. The second kappa shape index (κ2) is 13.9. The molecule has 0 radical (unpaired) electrons. The lowest BCUT2D eigenvalue weighted by molar-refractivity contribution is 0.00975. The molecule has 6 heteroatoms. The molecule has 0 bridgehead atoms. The number of hydrogen-bond acceptors (Lipinski definition) is 6. The van der Waals surface area contributed by atoms with Gasteiger partial charge in [0, 0.05) is 24.4 Å². The largest absolute Gasteiger partial charge is 0.497 e. The molecule has 192 valence electrons. The molecule has 1 N–H and O–H groups in total. The predicted molar refractivity (Wildman–Crippen MR) is 141 cm³/mol. The molecule has 1 aliphatic rings. The molecule has 0 aromatic heterocycles. The van der Waals surface area contributed by atoms with Crippen LogP contribution in [0.15, 0.2) is 72.8 Å². The third-order valence-electron chi connectivity index (χ3n) is 6.49. The van der Waals surface area contributed by atoms with E-state index in [-0.39, 0.29) is 6.10 Å². The molecule has 4 rings (SSSR count). The zero-order chi connectivity index (χ0) is 25.0. The van der Waals surface area contributed by atoms with E-state index in [1.165, 1.54) is 11.1 Å². The van der Waals surface area contributed by atoms with Crippen molar-refractivity contribution in [2.75, 3.05) is 40.5 Å². The highest BCUT2D eigenvalue weighted by Crippen LogP contribution is 2.31. The Morgan fingerprint density at radius 3 is 2.42 bits per heavy atom. The van der Waals surface area contributed by atoms with Crippen LogP contribution in [0, 0.1) is 0 Å². The van der Waals surface area contributed by atoms with Crippen LogP contribution in [-0.2, 0) is 22.7 Å². The summed E-state index contributed by atoms with van der Waals surface area (Å²) in [4.78, 5) is 0. The predicted octanol–water partition coefficient (Wildman–Crippen LogP) is 5.35. The normalized spacial score (nSPS) is 17.5. The first kappa shape index (κ1) is 26.0. The van der Waals surface area contributed by atoms with Crippen molar-refractivity contribution in [2.24, 2.45) is 0 Å². The van der Waals surface area contributed by atoms with Gasteiger partial charge in [-0.1, -0.05) is 42.5 Å². The molecule has 1 fully saturated rings. The fraction of sp³-hybridized carbons (Fsp3) is 0.400. The number of piperidine rings is 1. The highest BCUT2D eigenvalue weighted by Gasteiger charge is 2.27. The Bertz CT molecular complexity index is 1040. The van der Waals surface area contributed by atoms with Crippen molar-refractivity contribution in [1.82, 2.24) is 5.32 Å². The summed E-state index contributed by atoms with van der Waals surface area (Å²) in [5, 5.41) is 3.47. The summed E-state index contributed by atoms with van der Waals surface area (Å²) >= 11 is 0. The Kier molecular flexibility index (Phi) is 10.0. The molecule has 2 atom stereocenters. The van der Waals surface area contributed by atoms with Gasteiger partial charge in [-0.25, -0.2) is 0 Å². The molecule has 2 unspecified atom stereocenters. The highest BCUT2D eigenvalue weighted by molar-refractivity contribution is 5.40. The van der Waals surface area contributed by atoms with Gasteiger partial charge in [-0.15, -0.1) is 0 Å². The Morgan fingerprint density at radius 1 is 0.833 bits per heavy atom. The van der Waals surface area contributed by atoms with E-state index >= 15 is 0 Å². The van der Waals surface area contributed by atoms with E-state index in [1.54, 1.807) is 14.2 Å². The summed E-state index contributed by atoms with van der Waals surface area (Å²) in [6, 6.07) is 24.5. The lowest BCUT2D eigenvalue weighted by Gasteiger charge is -2.32. The maximum absolute atomic E-state index is 6.40. The molecular formula is C30H37NO5. The lowest BCUT2D eigenvalue weighted by Crippen LogP contribution is -2.41. The number of methoxy groups -OCH3 is 2. The fourth-order valence-corrected chi connectivity index (χ4v) is 4.50. The summed E-state index contributed by atoms with van der Waals surface area (Å²) in [6.45, 7) is 4.22. The van der Waals surface area contributed by atoms with Gasteiger partial charge in [-0.05, 0) is 54.4 Å². The van der Waals surface area contributed by atoms with Crippen molar-refractivity contribution in [3.8, 4) is 17.2 Å². The molecule has 36 heavy (non-hydrogen) atoms. The first-order valence-corrected chi connectivity index (χ1v) is 12.6. The Hall–Kier alpha value is -3.06. The minimum absolute atomic E-state index is 0.0724. The monoisotopic (exact) mass is 491 g/mol. The van der Waals surface area contributed by atoms with Crippen molar-refractivity contribution >= 4 is 0 Å². The zero-order valence-electron chi connectivity index (χ0n) is 21.3. The van der Waals surface area contributed by atoms with Gasteiger partial charge in [0.2, 0.25) is 0 Å². The van der Waals surface area contributed by atoms with Gasteiger partial charge < -0.3 is 29.0 Å². The van der Waals surface area contributed by atoms with Crippen molar-refractivity contribution in [2.45, 2.75) is 38.1 Å². The summed E-state index contributed by atoms with van der Waals surface area (Å²) < 4.78 is 28.9. The maximum Gasteiger partial charge on any atom is 0.124 e. The van der Waals surface area contributed by atoms with Crippen LogP contribution in [-0.4, -0.2) is 46.6 Å². The summed E-state index contributed by atoms with van der Waals surface area (Å²) in [6.07, 6.45) is 1.95. The van der Waals surface area contributed by atoms with Crippen LogP contribution in [0.4, 0.5) is 0 Å². The minimum Gasteiger partial charge on any atom is -0.497 e. The van der Waals surface area contributed by atoms with E-state index in [4.69, 9.17) is 23.7 Å². The van der Waals surface area contributed by atoms with Gasteiger partial charge in [0.15, 0.2) is 0 Å². The maximum atomic E-state index is 6.40. The van der Waals surface area contributed by atoms with Crippen molar-refractivity contribution in [3.05, 3.63) is 89.5 Å². The van der Waals surface area contributed by atoms with Gasteiger partial charge in [0.25, 0.3) is 0 Å². The minimum atomic E-state index is 0.0724. The number of rotatable bonds is 13. The Balaban J connectivity index is 1.25. The van der Waals surface area contributed by atoms with E-state index in [0.29, 0.717) is 32.3 Å². The second-order valence-electron chi connectivity index (χ2n) is 8.94. The molecular weight excluding hydrogens is 454 g/mol. The molecule has 1 heterocycles. The zero-order valence-corrected chi connectivity index (χ0v) is 21.3. The van der Waals surface area contributed by atoms with E-state index in [9.17, 15) is 0 Å². The van der Waals surface area contributed by atoms with E-state index in [2.05, 4.69) is 41.7 Å². The van der Waals surface area contributed by atoms with Crippen LogP contribution in [0.1, 0.15) is 35.4 Å². The van der Waals surface area contributed by atoms with Crippen molar-refractivity contribution < 1.29 is 23.7 Å². The molecule has 3 aromatic carbocycles. The van der Waals surface area contributed by atoms with E-state index in [0.717, 1.165) is 48.7 Å². The standard InChI is InChI=1S/C30H37NO5/c1-32-27-13-14-29(33-2)25(19-27)22-36-30-20-31-16-15-28(30)24-9-11-26(12-10-24)35-18-6-17-34-21-23-7-4-3-5-8-23/h3-5,7-14,19,28,30-31H,6,15-18,20-22H2,1-2H3. The molecule has 6 nitrogen and oxygen atoms in total. The van der Waals surface area contributed by atoms with E-state index in [1.807, 2.05) is 36.4 Å². The van der Waals surface area contributed by atoms with Crippen LogP contribution in [0.3, 0.4) is 0 Å². The van der Waals surface area contributed by atoms with Gasteiger partial charge in [0.1, 0.15) is 17.2 Å². The molecule has 3 aromatic rings. The van der Waals surface area contributed by atoms with E-state index < -0.39 is 0 Å². The van der Waals surface area contributed by atoms with Crippen LogP contribution < -0.4 is 19.5 Å². The quantitative estimate of drug-likeness (QED) is 0.325. The smallest absolute Gasteiger partial charge is 0.124 e. The van der Waals surface area contributed by atoms with Crippen LogP contribution in [0.25, 0.3) is 0 Å². The van der Waals surface area contributed by atoms with Crippen molar-refractivity contribution in [1.29, 1.82) is 0 Å². The number of ether oxygens (including phenoxy) is 5. The average molecular weight is 492 g/mol. The number of hydrogen-bond donors (Lipinski definition) is 1. The summed E-state index contributed by atoms with van der Waals surface area (Å²) in [5.74, 6) is 2.81. The third-order valence-corrected chi connectivity index (χ3v) is 6.49. The van der Waals surface area contributed by atoms with Crippen LogP contribution in [0.2, 0.25) is 0 Å². The van der Waals surface area contributed by atoms with Gasteiger partial charge >= 0.3 is 0 Å². The molecule has 0 saturated carbocycles. The Labute approximate surface area is 214 Å².